The van der Waals surface area contributed by atoms with E-state index < -0.39 is 13.8 Å². The number of aliphatic hydroxyl groups excluding tert-OH is 1. The summed E-state index contributed by atoms with van der Waals surface area (Å²) in [7, 11) is -3.66. The number of fused-ring (bicyclic) bond motifs is 1. The summed E-state index contributed by atoms with van der Waals surface area (Å²) >= 11 is 0. The van der Waals surface area contributed by atoms with E-state index in [9.17, 15) is 14.5 Å². The zero-order chi connectivity index (χ0) is 22.5. The Hall–Kier alpha value is -0.880. The molecule has 0 aromatic heterocycles. The SMILES string of the molecule is CC1=C2C(=O)OCC2COP(=O)(OCCCCCCCCCCCCCCC(C)O)O1. The third-order valence-electron chi connectivity index (χ3n) is 5.87. The lowest BCUT2D eigenvalue weighted by Gasteiger charge is -2.17. The van der Waals surface area contributed by atoms with Crippen LogP contribution in [0, 0.1) is 5.92 Å². The van der Waals surface area contributed by atoms with Crippen molar-refractivity contribution in [2.45, 2.75) is 103 Å². The predicted molar refractivity (Wildman–Crippen MR) is 119 cm³/mol. The maximum Gasteiger partial charge on any atom is 0.529 e. The molecule has 0 aliphatic carbocycles. The molecule has 8 heteroatoms. The number of unbranched alkanes of at least 4 members (excludes halogenated alkanes) is 11. The first-order chi connectivity index (χ1) is 14.9. The zero-order valence-electron chi connectivity index (χ0n) is 19.3. The average molecular weight is 461 g/mol. The first-order valence-corrected chi connectivity index (χ1v) is 13.5. The Morgan fingerprint density at radius 1 is 0.968 bits per heavy atom. The fourth-order valence-corrected chi connectivity index (χ4v) is 5.37. The molecule has 2 heterocycles. The van der Waals surface area contributed by atoms with Crippen molar-refractivity contribution in [3.8, 4) is 0 Å². The van der Waals surface area contributed by atoms with Gasteiger partial charge in [0.05, 0.1) is 30.8 Å². The Kier molecular flexibility index (Phi) is 12.2. The summed E-state index contributed by atoms with van der Waals surface area (Å²) in [6.07, 6.45) is 15.1. The number of hydrogen-bond donors (Lipinski definition) is 1. The van der Waals surface area contributed by atoms with Gasteiger partial charge in [0, 0.05) is 0 Å². The topological polar surface area (TPSA) is 91.3 Å². The standard InChI is InChI=1S/C23H41O7P/c1-19(24)15-13-11-9-7-5-3-4-6-8-10-12-14-16-28-31(26)29-18-21-17-27-23(25)22(21)20(2)30-31/h19,21,24H,3-18H2,1-2H3. The Bertz CT molecular complexity index is 617. The lowest BCUT2D eigenvalue weighted by molar-refractivity contribution is -0.135. The summed E-state index contributed by atoms with van der Waals surface area (Å²) in [4.78, 5) is 11.7. The van der Waals surface area contributed by atoms with Crippen molar-refractivity contribution in [3.63, 3.8) is 0 Å². The molecule has 0 saturated carbocycles. The van der Waals surface area contributed by atoms with E-state index in [1.165, 1.54) is 51.4 Å². The van der Waals surface area contributed by atoms with Gasteiger partial charge in [-0.25, -0.2) is 9.36 Å². The van der Waals surface area contributed by atoms with Crippen LogP contribution in [0.15, 0.2) is 11.3 Å². The van der Waals surface area contributed by atoms with Gasteiger partial charge >= 0.3 is 13.8 Å². The molecule has 0 radical (unpaired) electrons. The van der Waals surface area contributed by atoms with Crippen LogP contribution in [0.5, 0.6) is 0 Å². The number of esters is 1. The van der Waals surface area contributed by atoms with Gasteiger partial charge in [-0.15, -0.1) is 0 Å². The molecule has 0 bridgehead atoms. The number of ether oxygens (including phenoxy) is 1. The summed E-state index contributed by atoms with van der Waals surface area (Å²) in [6, 6.07) is 0. The molecule has 3 unspecified atom stereocenters. The maximum absolute atomic E-state index is 12.7. The fourth-order valence-electron chi connectivity index (χ4n) is 4.04. The second kappa shape index (κ2) is 14.3. The molecule has 2 aliphatic rings. The summed E-state index contributed by atoms with van der Waals surface area (Å²) < 4.78 is 33.9. The van der Waals surface area contributed by atoms with Gasteiger partial charge in [-0.1, -0.05) is 70.6 Å². The van der Waals surface area contributed by atoms with Crippen LogP contribution in [-0.2, 0) is 27.7 Å². The van der Waals surface area contributed by atoms with Crippen LogP contribution in [0.3, 0.4) is 0 Å². The van der Waals surface area contributed by atoms with Gasteiger partial charge in [0.1, 0.15) is 12.4 Å². The molecule has 2 rings (SSSR count). The van der Waals surface area contributed by atoms with Crippen molar-refractivity contribution in [2.75, 3.05) is 19.8 Å². The number of carbonyl (C=O) groups is 1. The lowest BCUT2D eigenvalue weighted by atomic mass is 10.0. The fraction of sp³-hybridized carbons (Fsp3) is 0.870. The van der Waals surface area contributed by atoms with E-state index >= 15 is 0 Å². The van der Waals surface area contributed by atoms with Crippen molar-refractivity contribution in [1.29, 1.82) is 0 Å². The molecule has 0 amide bonds. The smallest absolute Gasteiger partial charge is 0.461 e. The number of phosphoric acid groups is 1. The second-order valence-corrected chi connectivity index (χ2v) is 10.4. The van der Waals surface area contributed by atoms with Crippen molar-refractivity contribution < 1.29 is 32.8 Å². The van der Waals surface area contributed by atoms with Crippen molar-refractivity contribution in [1.82, 2.24) is 0 Å². The minimum absolute atomic E-state index is 0.109. The van der Waals surface area contributed by atoms with Crippen molar-refractivity contribution >= 4 is 13.8 Å². The van der Waals surface area contributed by atoms with Crippen LogP contribution < -0.4 is 0 Å². The molecule has 180 valence electrons. The van der Waals surface area contributed by atoms with Crippen LogP contribution in [0.2, 0.25) is 0 Å². The molecule has 7 nitrogen and oxygen atoms in total. The first kappa shape index (κ1) is 26.4. The van der Waals surface area contributed by atoms with Gasteiger partial charge in [-0.3, -0.25) is 9.05 Å². The highest BCUT2D eigenvalue weighted by Gasteiger charge is 2.42. The number of allylic oxidation sites excluding steroid dienone is 1. The molecular formula is C23H41O7P. The van der Waals surface area contributed by atoms with Crippen LogP contribution in [0.4, 0.5) is 0 Å². The maximum atomic E-state index is 12.7. The minimum Gasteiger partial charge on any atom is -0.461 e. The summed E-state index contributed by atoms with van der Waals surface area (Å²) in [5.74, 6) is -0.373. The molecule has 1 fully saturated rings. The highest BCUT2D eigenvalue weighted by molar-refractivity contribution is 7.48. The molecule has 3 atom stereocenters. The molecule has 31 heavy (non-hydrogen) atoms. The average Bonchev–Trinajstić information content (AvgIpc) is 3.03. The van der Waals surface area contributed by atoms with Gasteiger partial charge in [-0.2, -0.15) is 0 Å². The minimum atomic E-state index is -3.66. The number of cyclic esters (lactones) is 1. The number of phosphoric ester groups is 1. The van der Waals surface area contributed by atoms with E-state index in [2.05, 4.69) is 0 Å². The molecule has 0 spiro atoms. The number of rotatable bonds is 16. The van der Waals surface area contributed by atoms with E-state index in [1.54, 1.807) is 6.92 Å². The molecule has 2 aliphatic heterocycles. The van der Waals surface area contributed by atoms with Crippen molar-refractivity contribution in [2.24, 2.45) is 5.92 Å². The number of carbonyl (C=O) groups excluding carboxylic acids is 1. The van der Waals surface area contributed by atoms with Crippen LogP contribution in [-0.4, -0.2) is 37.0 Å². The highest BCUT2D eigenvalue weighted by Crippen LogP contribution is 2.54. The molecule has 1 saturated heterocycles. The molecule has 0 aromatic carbocycles. The second-order valence-electron chi connectivity index (χ2n) is 8.81. The predicted octanol–water partition coefficient (Wildman–Crippen LogP) is 6.06. The van der Waals surface area contributed by atoms with E-state index in [4.69, 9.17) is 18.3 Å². The summed E-state index contributed by atoms with van der Waals surface area (Å²) in [5, 5.41) is 9.22. The van der Waals surface area contributed by atoms with Gasteiger partial charge in [-0.05, 0) is 26.7 Å². The Morgan fingerprint density at radius 3 is 2.10 bits per heavy atom. The van der Waals surface area contributed by atoms with Gasteiger partial charge in [0.15, 0.2) is 0 Å². The molecule has 0 aromatic rings. The Morgan fingerprint density at radius 2 is 1.52 bits per heavy atom. The summed E-state index contributed by atoms with van der Waals surface area (Å²) in [5.41, 5.74) is 0.414. The van der Waals surface area contributed by atoms with E-state index in [-0.39, 0.29) is 31.0 Å². The Balaban J connectivity index is 1.43. The largest absolute Gasteiger partial charge is 0.529 e. The summed E-state index contributed by atoms with van der Waals surface area (Å²) in [6.45, 7) is 4.14. The highest BCUT2D eigenvalue weighted by atomic mass is 31.2. The zero-order valence-corrected chi connectivity index (χ0v) is 20.2. The van der Waals surface area contributed by atoms with Crippen LogP contribution >= 0.6 is 7.82 Å². The van der Waals surface area contributed by atoms with Crippen LogP contribution in [0.1, 0.15) is 97.3 Å². The lowest BCUT2D eigenvalue weighted by Crippen LogP contribution is -2.10. The van der Waals surface area contributed by atoms with Gasteiger partial charge < -0.3 is 14.4 Å². The van der Waals surface area contributed by atoms with E-state index in [0.29, 0.717) is 12.2 Å². The van der Waals surface area contributed by atoms with Crippen molar-refractivity contribution in [3.05, 3.63) is 11.3 Å². The first-order valence-electron chi connectivity index (χ1n) is 12.1. The van der Waals surface area contributed by atoms with E-state index in [0.717, 1.165) is 32.1 Å². The monoisotopic (exact) mass is 460 g/mol. The molecule has 1 N–H and O–H groups in total. The Labute approximate surface area is 187 Å². The van der Waals surface area contributed by atoms with Crippen LogP contribution in [0.25, 0.3) is 0 Å². The normalized spacial score (nSPS) is 24.5. The van der Waals surface area contributed by atoms with E-state index in [1.807, 2.05) is 6.92 Å². The number of aliphatic hydroxyl groups is 1. The number of hydrogen-bond acceptors (Lipinski definition) is 7. The quantitative estimate of drug-likeness (QED) is 0.170. The van der Waals surface area contributed by atoms with Gasteiger partial charge in [0.25, 0.3) is 0 Å². The molecular weight excluding hydrogens is 419 g/mol. The third-order valence-corrected chi connectivity index (χ3v) is 7.33. The van der Waals surface area contributed by atoms with Gasteiger partial charge in [0.2, 0.25) is 0 Å². The third kappa shape index (κ3) is 10.1.